The maximum absolute atomic E-state index is 12.2. The van der Waals surface area contributed by atoms with Gasteiger partial charge in [-0.3, -0.25) is 9.80 Å². The molecule has 3 heterocycles. The van der Waals surface area contributed by atoms with Crippen LogP contribution in [0.15, 0.2) is 18.6 Å². The van der Waals surface area contributed by atoms with Gasteiger partial charge in [-0.05, 0) is 18.9 Å². The number of rotatable bonds is 5. The lowest BCUT2D eigenvalue weighted by atomic mass is 9.98. The molecule has 0 radical (unpaired) electrons. The van der Waals surface area contributed by atoms with Crippen molar-refractivity contribution in [3.05, 3.63) is 18.6 Å². The molecule has 0 aromatic carbocycles. The smallest absolute Gasteiger partial charge is 0.226 e. The summed E-state index contributed by atoms with van der Waals surface area (Å²) in [5, 5.41) is 7.95. The minimum Gasteiger partial charge on any atom is -0.364 e. The van der Waals surface area contributed by atoms with Crippen molar-refractivity contribution in [1.82, 2.24) is 25.3 Å². The van der Waals surface area contributed by atoms with Gasteiger partial charge in [0.1, 0.15) is 18.7 Å². The Kier molecular flexibility index (Phi) is 4.73. The summed E-state index contributed by atoms with van der Waals surface area (Å²) < 4.78 is 4.91. The maximum Gasteiger partial charge on any atom is 0.226 e. The van der Waals surface area contributed by atoms with E-state index in [0.29, 0.717) is 6.54 Å². The van der Waals surface area contributed by atoms with Crippen LogP contribution < -0.4 is 10.3 Å². The molecular weight excluding hydrogens is 296 g/mol. The molecule has 8 heteroatoms. The van der Waals surface area contributed by atoms with Crippen LogP contribution in [0.25, 0.3) is 11.0 Å². The zero-order chi connectivity index (χ0) is 16.2. The lowest BCUT2D eigenvalue weighted by molar-refractivity contribution is -0.128. The fourth-order valence-corrected chi connectivity index (χ4v) is 2.98. The number of hydrogen-bond acceptors (Lipinski definition) is 6. The van der Waals surface area contributed by atoms with Crippen molar-refractivity contribution in [3.63, 3.8) is 0 Å². The van der Waals surface area contributed by atoms with E-state index < -0.39 is 0 Å². The number of hydrogen-bond donors (Lipinski definition) is 2. The Balaban J connectivity index is 1.73. The summed E-state index contributed by atoms with van der Waals surface area (Å²) in [6.07, 6.45) is 5.27. The second-order valence-corrected chi connectivity index (χ2v) is 5.69. The molecule has 0 spiro atoms. The molecule has 8 nitrogen and oxygen atoms in total. The monoisotopic (exact) mass is 318 g/mol. The molecule has 2 N–H and O–H groups in total. The van der Waals surface area contributed by atoms with E-state index in [4.69, 9.17) is 4.74 Å². The summed E-state index contributed by atoms with van der Waals surface area (Å²) in [5.74, 6) is 0.846. The zero-order valence-corrected chi connectivity index (χ0v) is 13.5. The SMILES string of the molecule is COCNC(=O)C1CCCN(N(C)c2ncnc3[nH]ccc23)C1. The van der Waals surface area contributed by atoms with E-state index in [1.807, 2.05) is 24.3 Å². The number of methoxy groups -OCH3 is 1. The molecule has 0 bridgehead atoms. The van der Waals surface area contributed by atoms with Crippen LogP contribution in [0, 0.1) is 5.92 Å². The number of aromatic amines is 1. The first-order valence-corrected chi connectivity index (χ1v) is 7.74. The molecule has 1 unspecified atom stereocenters. The van der Waals surface area contributed by atoms with Crippen molar-refractivity contribution in [1.29, 1.82) is 0 Å². The number of amides is 1. The van der Waals surface area contributed by atoms with Crippen LogP contribution in [0.3, 0.4) is 0 Å². The molecule has 1 aliphatic heterocycles. The third-order valence-corrected chi connectivity index (χ3v) is 4.23. The number of carbonyl (C=O) groups is 1. The van der Waals surface area contributed by atoms with Gasteiger partial charge >= 0.3 is 0 Å². The number of aromatic nitrogens is 3. The van der Waals surface area contributed by atoms with Gasteiger partial charge in [0.05, 0.1) is 11.3 Å². The molecule has 23 heavy (non-hydrogen) atoms. The summed E-state index contributed by atoms with van der Waals surface area (Å²) in [7, 11) is 3.54. The van der Waals surface area contributed by atoms with Gasteiger partial charge in [0, 0.05) is 33.4 Å². The summed E-state index contributed by atoms with van der Waals surface area (Å²) in [5.41, 5.74) is 0.813. The Morgan fingerprint density at radius 1 is 1.57 bits per heavy atom. The van der Waals surface area contributed by atoms with Gasteiger partial charge in [0.25, 0.3) is 0 Å². The van der Waals surface area contributed by atoms with Crippen LogP contribution in [0.1, 0.15) is 12.8 Å². The average molecular weight is 318 g/mol. The number of ether oxygens (including phenoxy) is 1. The first kappa shape index (κ1) is 15.7. The Bertz CT molecular complexity index is 673. The second-order valence-electron chi connectivity index (χ2n) is 5.69. The summed E-state index contributed by atoms with van der Waals surface area (Å²) >= 11 is 0. The first-order chi connectivity index (χ1) is 11.2. The lowest BCUT2D eigenvalue weighted by Gasteiger charge is -2.38. The third kappa shape index (κ3) is 3.27. The molecule has 1 saturated heterocycles. The highest BCUT2D eigenvalue weighted by molar-refractivity contribution is 5.87. The number of hydrazine groups is 1. The van der Waals surface area contributed by atoms with Gasteiger partial charge in [-0.15, -0.1) is 0 Å². The van der Waals surface area contributed by atoms with Crippen LogP contribution in [-0.2, 0) is 9.53 Å². The second kappa shape index (κ2) is 6.93. The quantitative estimate of drug-likeness (QED) is 0.791. The molecular formula is C15H22N6O2. The third-order valence-electron chi connectivity index (χ3n) is 4.23. The number of carbonyl (C=O) groups excluding carboxylic acids is 1. The van der Waals surface area contributed by atoms with Gasteiger partial charge in [-0.2, -0.15) is 0 Å². The molecule has 2 aromatic rings. The molecule has 0 aliphatic carbocycles. The highest BCUT2D eigenvalue weighted by Crippen LogP contribution is 2.25. The number of fused-ring (bicyclic) bond motifs is 1. The minimum atomic E-state index is -0.0371. The van der Waals surface area contributed by atoms with Crippen LogP contribution in [0.4, 0.5) is 5.82 Å². The van der Waals surface area contributed by atoms with E-state index >= 15 is 0 Å². The van der Waals surface area contributed by atoms with E-state index in [9.17, 15) is 4.79 Å². The molecule has 1 aliphatic rings. The van der Waals surface area contributed by atoms with Crippen molar-refractivity contribution in [2.24, 2.45) is 5.92 Å². The minimum absolute atomic E-state index is 0.0371. The molecule has 1 amide bonds. The number of anilines is 1. The molecule has 0 saturated carbocycles. The normalized spacial score (nSPS) is 19.0. The molecule has 1 atom stereocenters. The zero-order valence-electron chi connectivity index (χ0n) is 13.5. The molecule has 3 rings (SSSR count). The average Bonchev–Trinajstić information content (AvgIpc) is 3.07. The summed E-state index contributed by atoms with van der Waals surface area (Å²) in [6, 6.07) is 1.97. The van der Waals surface area contributed by atoms with Crippen molar-refractivity contribution < 1.29 is 9.53 Å². The van der Waals surface area contributed by atoms with E-state index in [1.54, 1.807) is 13.4 Å². The topological polar surface area (TPSA) is 86.4 Å². The van der Waals surface area contributed by atoms with Gasteiger partial charge < -0.3 is 15.0 Å². The number of piperidine rings is 1. The largest absolute Gasteiger partial charge is 0.364 e. The fourth-order valence-electron chi connectivity index (χ4n) is 2.98. The Hall–Kier alpha value is -2.19. The van der Waals surface area contributed by atoms with E-state index in [2.05, 4.69) is 25.3 Å². The molecule has 2 aromatic heterocycles. The highest BCUT2D eigenvalue weighted by Gasteiger charge is 2.28. The van der Waals surface area contributed by atoms with Crippen molar-refractivity contribution in [2.45, 2.75) is 12.8 Å². The Morgan fingerprint density at radius 3 is 3.26 bits per heavy atom. The predicted octanol–water partition coefficient (Wildman–Crippen LogP) is 0.741. The number of nitrogens with zero attached hydrogens (tertiary/aromatic N) is 4. The molecule has 124 valence electrons. The van der Waals surface area contributed by atoms with Crippen LogP contribution in [0.5, 0.6) is 0 Å². The molecule has 1 fully saturated rings. The van der Waals surface area contributed by atoms with Gasteiger partial charge in [0.15, 0.2) is 5.82 Å². The standard InChI is InChI=1S/C15H22N6O2/c1-20(14-12-5-6-16-13(12)17-9-18-14)21-7-3-4-11(8-21)15(22)19-10-23-2/h5-6,9,11H,3-4,7-8,10H2,1-2H3,(H,19,22)(H,16,17,18). The van der Waals surface area contributed by atoms with Crippen molar-refractivity contribution in [3.8, 4) is 0 Å². The van der Waals surface area contributed by atoms with Crippen LogP contribution >= 0.6 is 0 Å². The summed E-state index contributed by atoms with van der Waals surface area (Å²) in [4.78, 5) is 23.9. The first-order valence-electron chi connectivity index (χ1n) is 7.74. The van der Waals surface area contributed by atoms with Gasteiger partial charge in [-0.25, -0.2) is 15.0 Å². The predicted molar refractivity (Wildman–Crippen MR) is 86.6 cm³/mol. The van der Waals surface area contributed by atoms with E-state index in [0.717, 1.165) is 36.2 Å². The van der Waals surface area contributed by atoms with Gasteiger partial charge in [-0.1, -0.05) is 0 Å². The van der Waals surface area contributed by atoms with Crippen molar-refractivity contribution >= 4 is 22.8 Å². The number of nitrogens with one attached hydrogen (secondary N) is 2. The lowest BCUT2D eigenvalue weighted by Crippen LogP contribution is -2.50. The van der Waals surface area contributed by atoms with Crippen LogP contribution in [0.2, 0.25) is 0 Å². The van der Waals surface area contributed by atoms with Crippen LogP contribution in [-0.4, -0.2) is 59.8 Å². The Labute approximate surface area is 134 Å². The van der Waals surface area contributed by atoms with Crippen molar-refractivity contribution in [2.75, 3.05) is 39.0 Å². The number of H-pyrrole nitrogens is 1. The highest BCUT2D eigenvalue weighted by atomic mass is 16.5. The van der Waals surface area contributed by atoms with Gasteiger partial charge in [0.2, 0.25) is 5.91 Å². The van der Waals surface area contributed by atoms with E-state index in [-0.39, 0.29) is 18.6 Å². The van der Waals surface area contributed by atoms with E-state index in [1.165, 1.54) is 0 Å². The Morgan fingerprint density at radius 2 is 2.43 bits per heavy atom. The fraction of sp³-hybridized carbons (Fsp3) is 0.533. The summed E-state index contributed by atoms with van der Waals surface area (Å²) in [6.45, 7) is 1.82. The maximum atomic E-state index is 12.2.